The molecule has 5 rings (SSSR count). The number of amidine groups is 1. The van der Waals surface area contributed by atoms with Crippen molar-refractivity contribution >= 4 is 45.8 Å². The minimum absolute atomic E-state index is 0.0822. The molecule has 10 heteroatoms. The van der Waals surface area contributed by atoms with Crippen molar-refractivity contribution in [2.45, 2.75) is 19.4 Å². The van der Waals surface area contributed by atoms with Gasteiger partial charge in [-0.05, 0) is 55.3 Å². The number of para-hydroxylation sites is 1. The molecule has 2 amide bonds. The molecule has 1 fully saturated rings. The zero-order valence-electron chi connectivity index (χ0n) is 20.6. The number of nitrogens with one attached hydrogen (secondary N) is 2. The zero-order chi connectivity index (χ0) is 26.6. The summed E-state index contributed by atoms with van der Waals surface area (Å²) in [4.78, 5) is 43.7. The fraction of sp³-hybridized carbons (Fsp3) is 0.179. The topological polar surface area (TPSA) is 117 Å². The lowest BCUT2D eigenvalue weighted by Crippen LogP contribution is -2.43. The first-order chi connectivity index (χ1) is 18.4. The molecule has 9 nitrogen and oxygen atoms in total. The lowest BCUT2D eigenvalue weighted by atomic mass is 9.93. The van der Waals surface area contributed by atoms with Crippen LogP contribution in [0.5, 0.6) is 0 Å². The predicted molar refractivity (Wildman–Crippen MR) is 149 cm³/mol. The molecule has 0 aromatic heterocycles. The summed E-state index contributed by atoms with van der Waals surface area (Å²) >= 11 is 1.67. The van der Waals surface area contributed by atoms with Crippen LogP contribution in [-0.2, 0) is 4.79 Å². The number of hydrogen-bond acceptors (Lipinski definition) is 7. The maximum absolute atomic E-state index is 13.6. The molecule has 1 saturated heterocycles. The Balaban J connectivity index is 1.45. The van der Waals surface area contributed by atoms with Gasteiger partial charge in [0.1, 0.15) is 0 Å². The highest BCUT2D eigenvalue weighted by Crippen LogP contribution is 2.40. The number of nitrogens with zero attached hydrogens (tertiary/aromatic N) is 3. The van der Waals surface area contributed by atoms with Crippen LogP contribution in [0.2, 0.25) is 0 Å². The number of amides is 2. The van der Waals surface area contributed by atoms with E-state index in [2.05, 4.69) is 15.5 Å². The average Bonchev–Trinajstić information content (AvgIpc) is 2.93. The van der Waals surface area contributed by atoms with E-state index in [1.807, 2.05) is 55.5 Å². The van der Waals surface area contributed by atoms with Crippen LogP contribution in [-0.4, -0.2) is 39.1 Å². The number of nitro groups is 1. The molecule has 1 unspecified atom stereocenters. The van der Waals surface area contributed by atoms with Crippen molar-refractivity contribution in [1.82, 2.24) is 4.90 Å². The highest BCUT2D eigenvalue weighted by atomic mass is 32.2. The van der Waals surface area contributed by atoms with Crippen LogP contribution < -0.4 is 10.6 Å². The van der Waals surface area contributed by atoms with Crippen molar-refractivity contribution in [3.05, 3.63) is 111 Å². The van der Waals surface area contributed by atoms with Crippen LogP contribution in [0, 0.1) is 10.1 Å². The van der Waals surface area contributed by atoms with E-state index in [1.165, 1.54) is 24.3 Å². The lowest BCUT2D eigenvalue weighted by molar-refractivity contribution is -0.384. The van der Waals surface area contributed by atoms with Gasteiger partial charge in [-0.25, -0.2) is 4.99 Å². The van der Waals surface area contributed by atoms with Gasteiger partial charge >= 0.3 is 0 Å². The Morgan fingerprint density at radius 1 is 0.974 bits per heavy atom. The molecule has 2 aliphatic rings. The summed E-state index contributed by atoms with van der Waals surface area (Å²) in [6, 6.07) is 21.8. The molecule has 0 spiro atoms. The van der Waals surface area contributed by atoms with Gasteiger partial charge in [0, 0.05) is 41.4 Å². The van der Waals surface area contributed by atoms with E-state index in [1.54, 1.807) is 17.8 Å². The van der Waals surface area contributed by atoms with Crippen molar-refractivity contribution < 1.29 is 14.5 Å². The van der Waals surface area contributed by atoms with Gasteiger partial charge in [0.05, 0.1) is 22.2 Å². The molecule has 3 aromatic carbocycles. The van der Waals surface area contributed by atoms with Crippen LogP contribution in [0.3, 0.4) is 0 Å². The van der Waals surface area contributed by atoms with E-state index in [0.717, 1.165) is 29.4 Å². The Hall–Kier alpha value is -4.44. The summed E-state index contributed by atoms with van der Waals surface area (Å²) < 4.78 is 0. The van der Waals surface area contributed by atoms with Gasteiger partial charge in [0.2, 0.25) is 0 Å². The molecule has 0 radical (unpaired) electrons. The van der Waals surface area contributed by atoms with Crippen molar-refractivity contribution in [1.29, 1.82) is 0 Å². The molecule has 1 atom stereocenters. The van der Waals surface area contributed by atoms with Crippen LogP contribution in [0.4, 0.5) is 17.1 Å². The second-order valence-electron chi connectivity index (χ2n) is 8.90. The quantitative estimate of drug-likeness (QED) is 0.318. The molecule has 2 N–H and O–H groups in total. The van der Waals surface area contributed by atoms with E-state index in [4.69, 9.17) is 4.99 Å². The first-order valence-electron chi connectivity index (χ1n) is 12.1. The number of carbonyl (C=O) groups is 2. The van der Waals surface area contributed by atoms with Crippen LogP contribution in [0.25, 0.3) is 0 Å². The molecular weight excluding hydrogens is 502 g/mol. The van der Waals surface area contributed by atoms with Crippen molar-refractivity contribution in [2.24, 2.45) is 4.99 Å². The number of aliphatic imine (C=N–C) groups is 1. The van der Waals surface area contributed by atoms with Crippen molar-refractivity contribution in [3.8, 4) is 0 Å². The minimum atomic E-state index is -0.507. The SMILES string of the molecule is CC1=C(C(=O)Nc2ccccc2)C(c2cccc(NC(=O)c3ccc([N+](=O)[O-])cc3)c2)N2CCCSC2=N1. The van der Waals surface area contributed by atoms with Crippen molar-refractivity contribution in [3.63, 3.8) is 0 Å². The summed E-state index contributed by atoms with van der Waals surface area (Å²) in [5, 5.41) is 17.7. The lowest BCUT2D eigenvalue weighted by Gasteiger charge is -2.41. The molecule has 0 aliphatic carbocycles. The number of anilines is 2. The Bertz CT molecular complexity index is 1450. The smallest absolute Gasteiger partial charge is 0.269 e. The third-order valence-corrected chi connectivity index (χ3v) is 7.41. The summed E-state index contributed by atoms with van der Waals surface area (Å²) in [5.41, 5.74) is 3.53. The Morgan fingerprint density at radius 3 is 2.42 bits per heavy atom. The third-order valence-electron chi connectivity index (χ3n) is 6.34. The molecule has 2 heterocycles. The molecule has 0 bridgehead atoms. The van der Waals surface area contributed by atoms with Crippen molar-refractivity contribution in [2.75, 3.05) is 22.9 Å². The fourth-order valence-electron chi connectivity index (χ4n) is 4.55. The van der Waals surface area contributed by atoms with E-state index in [0.29, 0.717) is 28.2 Å². The largest absolute Gasteiger partial charge is 0.340 e. The predicted octanol–water partition coefficient (Wildman–Crippen LogP) is 5.61. The van der Waals surface area contributed by atoms with Gasteiger partial charge < -0.3 is 15.5 Å². The van der Waals surface area contributed by atoms with Gasteiger partial charge in [-0.3, -0.25) is 19.7 Å². The van der Waals surface area contributed by atoms with Gasteiger partial charge in [-0.2, -0.15) is 0 Å². The summed E-state index contributed by atoms with van der Waals surface area (Å²) in [5.74, 6) is 0.356. The highest BCUT2D eigenvalue weighted by molar-refractivity contribution is 8.13. The number of non-ortho nitro benzene ring substituents is 1. The Morgan fingerprint density at radius 2 is 1.68 bits per heavy atom. The number of hydrogen-bond donors (Lipinski definition) is 2. The minimum Gasteiger partial charge on any atom is -0.340 e. The Labute approximate surface area is 223 Å². The molecule has 2 aliphatic heterocycles. The third kappa shape index (κ3) is 5.30. The average molecular weight is 528 g/mol. The number of nitro benzene ring substituents is 1. The normalized spacial score (nSPS) is 16.8. The van der Waals surface area contributed by atoms with Crippen LogP contribution >= 0.6 is 11.8 Å². The Kier molecular flexibility index (Phi) is 7.23. The summed E-state index contributed by atoms with van der Waals surface area (Å²) in [6.07, 6.45) is 0.962. The van der Waals surface area contributed by atoms with Crippen LogP contribution in [0.1, 0.15) is 35.3 Å². The second-order valence-corrected chi connectivity index (χ2v) is 9.96. The molecule has 0 saturated carbocycles. The van der Waals surface area contributed by atoms with Gasteiger partial charge in [-0.15, -0.1) is 0 Å². The number of rotatable bonds is 6. The van der Waals surface area contributed by atoms with Crippen LogP contribution in [0.15, 0.2) is 95.1 Å². The summed E-state index contributed by atoms with van der Waals surface area (Å²) in [6.45, 7) is 2.61. The monoisotopic (exact) mass is 527 g/mol. The number of fused-ring (bicyclic) bond motifs is 1. The number of thioether (sulfide) groups is 1. The number of benzene rings is 3. The fourth-order valence-corrected chi connectivity index (χ4v) is 5.57. The molecule has 3 aromatic rings. The van der Waals surface area contributed by atoms with E-state index >= 15 is 0 Å². The second kappa shape index (κ2) is 10.9. The number of allylic oxidation sites excluding steroid dienone is 1. The van der Waals surface area contributed by atoms with Gasteiger partial charge in [0.25, 0.3) is 17.5 Å². The van der Waals surface area contributed by atoms with E-state index in [9.17, 15) is 19.7 Å². The molecule has 38 heavy (non-hydrogen) atoms. The van der Waals surface area contributed by atoms with Gasteiger partial charge in [-0.1, -0.05) is 42.1 Å². The maximum Gasteiger partial charge on any atom is 0.269 e. The molecular formula is C28H25N5O4S. The standard InChI is InChI=1S/C28H25N5O4S/c1-18-24(27(35)30-21-8-3-2-4-9-21)25(32-15-6-16-38-28(32)29-18)20-7-5-10-22(17-20)31-26(34)19-11-13-23(14-12-19)33(36)37/h2-5,7-14,17,25H,6,15-16H2,1H3,(H,30,35)(H,31,34). The van der Waals surface area contributed by atoms with E-state index < -0.39 is 4.92 Å². The summed E-state index contributed by atoms with van der Waals surface area (Å²) in [7, 11) is 0. The molecule has 192 valence electrons. The van der Waals surface area contributed by atoms with Gasteiger partial charge in [0.15, 0.2) is 5.17 Å². The highest BCUT2D eigenvalue weighted by Gasteiger charge is 2.37. The first kappa shape index (κ1) is 25.2. The number of carbonyl (C=O) groups excluding carboxylic acids is 2. The first-order valence-corrected chi connectivity index (χ1v) is 13.1. The zero-order valence-corrected chi connectivity index (χ0v) is 21.4. The van der Waals surface area contributed by atoms with E-state index in [-0.39, 0.29) is 23.5 Å². The maximum atomic E-state index is 13.6.